The van der Waals surface area contributed by atoms with E-state index in [2.05, 4.69) is 49.1 Å². The zero-order valence-corrected chi connectivity index (χ0v) is 24.4. The fraction of sp³-hybridized carbons (Fsp3) is 0.212. The number of anilines is 2. The summed E-state index contributed by atoms with van der Waals surface area (Å²) in [6.45, 7) is 4.93. The molecule has 0 spiro atoms. The summed E-state index contributed by atoms with van der Waals surface area (Å²) in [5.74, 6) is 7.78. The molecule has 0 fully saturated rings. The van der Waals surface area contributed by atoms with Gasteiger partial charge in [0, 0.05) is 42.8 Å². The molecule has 1 unspecified atom stereocenters. The monoisotopic (exact) mass is 585 g/mol. The third-order valence-electron chi connectivity index (χ3n) is 8.06. The van der Waals surface area contributed by atoms with Crippen LogP contribution in [0.25, 0.3) is 22.7 Å². The molecular formula is C33H31N9O2. The van der Waals surface area contributed by atoms with Crippen molar-refractivity contribution in [1.82, 2.24) is 34.1 Å². The van der Waals surface area contributed by atoms with E-state index in [0.717, 1.165) is 36.5 Å². The molecular weight excluding hydrogens is 554 g/mol. The Hall–Kier alpha value is -5.60. The first kappa shape index (κ1) is 27.2. The third kappa shape index (κ3) is 4.71. The van der Waals surface area contributed by atoms with E-state index in [9.17, 15) is 9.59 Å². The van der Waals surface area contributed by atoms with Crippen molar-refractivity contribution in [3.8, 4) is 17.5 Å². The number of pyridine rings is 1. The molecule has 2 aliphatic heterocycles. The van der Waals surface area contributed by atoms with Crippen LogP contribution in [0.3, 0.4) is 0 Å². The van der Waals surface area contributed by atoms with Gasteiger partial charge < -0.3 is 20.9 Å². The molecule has 2 aromatic carbocycles. The molecule has 0 saturated heterocycles. The lowest BCUT2D eigenvalue weighted by molar-refractivity contribution is 0.0940. The van der Waals surface area contributed by atoms with E-state index < -0.39 is 6.04 Å². The number of carbonyl (C=O) groups excluding carboxylic acids is 1. The largest absolute Gasteiger partial charge is 0.381 e. The van der Waals surface area contributed by atoms with Gasteiger partial charge in [-0.15, -0.1) is 5.10 Å². The molecule has 0 aliphatic carbocycles. The number of imidazole rings is 1. The van der Waals surface area contributed by atoms with Crippen LogP contribution < -0.4 is 21.9 Å². The van der Waals surface area contributed by atoms with E-state index in [1.54, 1.807) is 21.6 Å². The number of rotatable bonds is 4. The second-order valence-electron chi connectivity index (χ2n) is 11.0. The minimum absolute atomic E-state index is 0.123. The number of carbonyl (C=O) groups is 1. The lowest BCUT2D eigenvalue weighted by Crippen LogP contribution is -2.33. The standard InChI is InChI=1S/C33H31N9O2/c1-21(37-32(43)29-30(34)38-41-15-7-14-35-31(29)41)26-18-23-9-6-8-22(28(23)33(44)42(26)24-10-4-3-5-11-24)12-13-25-19-36-27-20-39(2)16-17-40(25)27/h3-11,15,18-19,21,35H,14,16-17,20H2,1-2H3,(H2,34,38)(H,37,43). The summed E-state index contributed by atoms with van der Waals surface area (Å²) in [6.07, 6.45) is 5.45. The highest BCUT2D eigenvalue weighted by atomic mass is 16.2. The minimum Gasteiger partial charge on any atom is -0.381 e. The van der Waals surface area contributed by atoms with Crippen molar-refractivity contribution in [1.29, 1.82) is 0 Å². The Balaban J connectivity index is 1.31. The molecule has 1 atom stereocenters. The lowest BCUT2D eigenvalue weighted by atomic mass is 10.0. The molecule has 0 saturated carbocycles. The van der Waals surface area contributed by atoms with Gasteiger partial charge in [-0.3, -0.25) is 19.1 Å². The van der Waals surface area contributed by atoms with E-state index in [1.165, 1.54) is 0 Å². The van der Waals surface area contributed by atoms with Gasteiger partial charge in [0.1, 0.15) is 22.9 Å². The highest BCUT2D eigenvalue weighted by Crippen LogP contribution is 2.27. The average molecular weight is 586 g/mol. The third-order valence-corrected chi connectivity index (χ3v) is 8.06. The van der Waals surface area contributed by atoms with Gasteiger partial charge in [-0.1, -0.05) is 36.3 Å². The van der Waals surface area contributed by atoms with Crippen LogP contribution >= 0.6 is 0 Å². The maximum atomic E-state index is 14.4. The summed E-state index contributed by atoms with van der Waals surface area (Å²) in [5.41, 5.74) is 8.94. The molecule has 220 valence electrons. The molecule has 4 N–H and O–H groups in total. The number of hydrogen-bond donors (Lipinski definition) is 3. The van der Waals surface area contributed by atoms with E-state index in [-0.39, 0.29) is 22.8 Å². The van der Waals surface area contributed by atoms with Crippen molar-refractivity contribution in [2.75, 3.05) is 31.2 Å². The van der Waals surface area contributed by atoms with Crippen LogP contribution in [0.15, 0.2) is 71.7 Å². The van der Waals surface area contributed by atoms with Crippen molar-refractivity contribution < 1.29 is 4.79 Å². The number of amides is 1. The Morgan fingerprint density at radius 2 is 1.95 bits per heavy atom. The van der Waals surface area contributed by atoms with Crippen LogP contribution in [-0.4, -0.2) is 54.8 Å². The molecule has 44 heavy (non-hydrogen) atoms. The second kappa shape index (κ2) is 10.9. The van der Waals surface area contributed by atoms with E-state index in [0.29, 0.717) is 34.7 Å². The number of hydrogen-bond acceptors (Lipinski definition) is 7. The molecule has 1 amide bonds. The first-order valence-corrected chi connectivity index (χ1v) is 14.5. The number of para-hydroxylation sites is 1. The van der Waals surface area contributed by atoms with Crippen LogP contribution in [0.5, 0.6) is 0 Å². The summed E-state index contributed by atoms with van der Waals surface area (Å²) in [7, 11) is 2.08. The molecule has 5 heterocycles. The minimum atomic E-state index is -0.555. The van der Waals surface area contributed by atoms with Gasteiger partial charge >= 0.3 is 0 Å². The second-order valence-corrected chi connectivity index (χ2v) is 11.0. The van der Waals surface area contributed by atoms with Gasteiger partial charge in [-0.25, -0.2) is 9.67 Å². The highest BCUT2D eigenvalue weighted by molar-refractivity contribution is 6.04. The Bertz CT molecular complexity index is 2080. The summed E-state index contributed by atoms with van der Waals surface area (Å²) in [6, 6.07) is 16.4. The van der Waals surface area contributed by atoms with Crippen LogP contribution in [0.1, 0.15) is 46.1 Å². The summed E-state index contributed by atoms with van der Waals surface area (Å²) < 4.78 is 5.33. The zero-order chi connectivity index (χ0) is 30.4. The SMILES string of the molecule is CC(NC(=O)c1c(N)nn2c1NCC=C2)c1cc2cccc(C#Cc3cnc4n3CCN(C)C4)c2c(=O)n1-c1ccccc1. The number of likely N-dealkylation sites (N-methyl/N-ethyl adjacent to an activating group) is 1. The molecule has 0 bridgehead atoms. The quantitative estimate of drug-likeness (QED) is 0.277. The van der Waals surface area contributed by atoms with Crippen molar-refractivity contribution in [3.63, 3.8) is 0 Å². The first-order chi connectivity index (χ1) is 21.4. The van der Waals surface area contributed by atoms with Crippen molar-refractivity contribution in [2.45, 2.75) is 26.1 Å². The molecule has 7 rings (SSSR count). The molecule has 3 aromatic heterocycles. The van der Waals surface area contributed by atoms with Gasteiger partial charge in [0.05, 0.1) is 24.2 Å². The predicted molar refractivity (Wildman–Crippen MR) is 170 cm³/mol. The van der Waals surface area contributed by atoms with E-state index >= 15 is 0 Å². The molecule has 2 aliphatic rings. The van der Waals surface area contributed by atoms with Crippen molar-refractivity contribution >= 4 is 34.5 Å². The maximum Gasteiger partial charge on any atom is 0.264 e. The van der Waals surface area contributed by atoms with E-state index in [4.69, 9.17) is 5.73 Å². The summed E-state index contributed by atoms with van der Waals surface area (Å²) in [5, 5.41) is 11.7. The average Bonchev–Trinajstić information content (AvgIpc) is 3.59. The number of fused-ring (bicyclic) bond motifs is 3. The molecule has 5 aromatic rings. The van der Waals surface area contributed by atoms with Crippen molar-refractivity contribution in [2.24, 2.45) is 0 Å². The van der Waals surface area contributed by atoms with Crippen LogP contribution in [0.4, 0.5) is 11.6 Å². The number of aromatic nitrogens is 5. The lowest BCUT2D eigenvalue weighted by Gasteiger charge is -2.23. The molecule has 0 radical (unpaired) electrons. The van der Waals surface area contributed by atoms with Crippen molar-refractivity contribution in [3.05, 3.63) is 106 Å². The Morgan fingerprint density at radius 1 is 1.11 bits per heavy atom. The normalized spacial score (nSPS) is 14.7. The number of nitrogens with zero attached hydrogens (tertiary/aromatic N) is 6. The Morgan fingerprint density at radius 3 is 2.80 bits per heavy atom. The fourth-order valence-electron chi connectivity index (χ4n) is 5.86. The summed E-state index contributed by atoms with van der Waals surface area (Å²) in [4.78, 5) is 34.7. The van der Waals surface area contributed by atoms with Crippen LogP contribution in [0.2, 0.25) is 0 Å². The highest BCUT2D eigenvalue weighted by Gasteiger charge is 2.26. The Labute approximate surface area is 253 Å². The maximum absolute atomic E-state index is 14.4. The fourth-order valence-corrected chi connectivity index (χ4v) is 5.86. The topological polar surface area (TPSA) is 128 Å². The van der Waals surface area contributed by atoms with Crippen LogP contribution in [0, 0.1) is 11.8 Å². The number of nitrogens with two attached hydrogens (primary N) is 1. The van der Waals surface area contributed by atoms with Crippen LogP contribution in [-0.2, 0) is 13.1 Å². The molecule has 11 nitrogen and oxygen atoms in total. The zero-order valence-electron chi connectivity index (χ0n) is 24.4. The Kier molecular flexibility index (Phi) is 6.75. The van der Waals surface area contributed by atoms with Gasteiger partial charge in [0.25, 0.3) is 11.5 Å². The van der Waals surface area contributed by atoms with Gasteiger partial charge in [0.15, 0.2) is 5.82 Å². The number of nitrogens with one attached hydrogen (secondary N) is 2. The smallest absolute Gasteiger partial charge is 0.264 e. The van der Waals surface area contributed by atoms with E-state index in [1.807, 2.05) is 67.6 Å². The molecule has 11 heteroatoms. The van der Waals surface area contributed by atoms with Gasteiger partial charge in [0.2, 0.25) is 0 Å². The number of nitrogen functional groups attached to an aromatic ring is 1. The number of benzene rings is 2. The first-order valence-electron chi connectivity index (χ1n) is 14.5. The van der Waals surface area contributed by atoms with Gasteiger partial charge in [-0.2, -0.15) is 0 Å². The summed E-state index contributed by atoms with van der Waals surface area (Å²) >= 11 is 0. The predicted octanol–water partition coefficient (Wildman–Crippen LogP) is 3.20. The van der Waals surface area contributed by atoms with Gasteiger partial charge in [-0.05, 0) is 55.6 Å².